The van der Waals surface area contributed by atoms with Crippen LogP contribution in [-0.4, -0.2) is 23.0 Å². The van der Waals surface area contributed by atoms with E-state index in [1.165, 1.54) is 0 Å². The van der Waals surface area contributed by atoms with Crippen LogP contribution in [0.2, 0.25) is 0 Å². The van der Waals surface area contributed by atoms with Gasteiger partial charge in [0.2, 0.25) is 0 Å². The standard InChI is InChI=1S/C17H13F4NO3/c18-11-6-7-12(13(9-11)17(19,20)21)15(23)22-14(16(24)25)8-10-4-2-1-3-5-10/h1-7,9,14H,8H2,(H,22,23)(H,24,25). The summed E-state index contributed by atoms with van der Waals surface area (Å²) in [4.78, 5) is 23.4. The lowest BCUT2D eigenvalue weighted by Crippen LogP contribution is -2.42. The van der Waals surface area contributed by atoms with Gasteiger partial charge in [0.25, 0.3) is 5.91 Å². The maximum absolute atomic E-state index is 13.1. The zero-order valence-corrected chi connectivity index (χ0v) is 12.7. The molecular weight excluding hydrogens is 342 g/mol. The molecule has 0 fully saturated rings. The van der Waals surface area contributed by atoms with Crippen molar-refractivity contribution in [3.05, 3.63) is 71.0 Å². The van der Waals surface area contributed by atoms with Gasteiger partial charge < -0.3 is 10.4 Å². The monoisotopic (exact) mass is 355 g/mol. The zero-order valence-electron chi connectivity index (χ0n) is 12.7. The highest BCUT2D eigenvalue weighted by atomic mass is 19.4. The summed E-state index contributed by atoms with van der Waals surface area (Å²) in [5.41, 5.74) is -1.72. The van der Waals surface area contributed by atoms with Gasteiger partial charge in [-0.3, -0.25) is 4.79 Å². The summed E-state index contributed by atoms with van der Waals surface area (Å²) in [5, 5.41) is 11.3. The average Bonchev–Trinajstić information content (AvgIpc) is 2.54. The Balaban J connectivity index is 2.26. The van der Waals surface area contributed by atoms with E-state index in [2.05, 4.69) is 5.32 Å². The van der Waals surface area contributed by atoms with Crippen LogP contribution in [0.3, 0.4) is 0 Å². The fraction of sp³-hybridized carbons (Fsp3) is 0.176. The topological polar surface area (TPSA) is 66.4 Å². The third-order valence-electron chi connectivity index (χ3n) is 3.42. The smallest absolute Gasteiger partial charge is 0.417 e. The highest BCUT2D eigenvalue weighted by Gasteiger charge is 2.36. The molecule has 0 radical (unpaired) electrons. The van der Waals surface area contributed by atoms with Gasteiger partial charge in [-0.1, -0.05) is 30.3 Å². The number of halogens is 4. The number of aliphatic carboxylic acids is 1. The second kappa shape index (κ2) is 7.33. The lowest BCUT2D eigenvalue weighted by Gasteiger charge is -2.17. The summed E-state index contributed by atoms with van der Waals surface area (Å²) in [6.07, 6.45) is -5.06. The van der Waals surface area contributed by atoms with Crippen molar-refractivity contribution >= 4 is 11.9 Å². The van der Waals surface area contributed by atoms with Crippen molar-refractivity contribution in [2.45, 2.75) is 18.6 Å². The van der Waals surface area contributed by atoms with E-state index >= 15 is 0 Å². The van der Waals surface area contributed by atoms with Crippen LogP contribution < -0.4 is 5.32 Å². The van der Waals surface area contributed by atoms with E-state index in [1.54, 1.807) is 30.3 Å². The average molecular weight is 355 g/mol. The van der Waals surface area contributed by atoms with Crippen LogP contribution in [0.1, 0.15) is 21.5 Å². The molecule has 2 N–H and O–H groups in total. The minimum absolute atomic E-state index is 0.107. The Bertz CT molecular complexity index is 775. The predicted octanol–water partition coefficient (Wildman–Crippen LogP) is 3.27. The quantitative estimate of drug-likeness (QED) is 0.809. The van der Waals surface area contributed by atoms with Gasteiger partial charge in [0.15, 0.2) is 0 Å². The van der Waals surface area contributed by atoms with E-state index in [4.69, 9.17) is 0 Å². The summed E-state index contributed by atoms with van der Waals surface area (Å²) >= 11 is 0. The SMILES string of the molecule is O=C(NC(Cc1ccccc1)C(=O)O)c1ccc(F)cc1C(F)(F)F. The van der Waals surface area contributed by atoms with Crippen LogP contribution in [-0.2, 0) is 17.4 Å². The van der Waals surface area contributed by atoms with Crippen molar-refractivity contribution in [1.82, 2.24) is 5.32 Å². The van der Waals surface area contributed by atoms with Gasteiger partial charge in [0.05, 0.1) is 11.1 Å². The van der Waals surface area contributed by atoms with Gasteiger partial charge >= 0.3 is 12.1 Å². The molecule has 0 saturated carbocycles. The molecule has 1 atom stereocenters. The molecule has 1 unspecified atom stereocenters. The van der Waals surface area contributed by atoms with Crippen molar-refractivity contribution in [2.75, 3.05) is 0 Å². The van der Waals surface area contributed by atoms with E-state index in [9.17, 15) is 32.3 Å². The number of hydrogen-bond acceptors (Lipinski definition) is 2. The Morgan fingerprint density at radius 1 is 1.08 bits per heavy atom. The Morgan fingerprint density at radius 2 is 1.72 bits per heavy atom. The second-order valence-electron chi connectivity index (χ2n) is 5.24. The highest BCUT2D eigenvalue weighted by Crippen LogP contribution is 2.32. The first-order chi connectivity index (χ1) is 11.7. The number of nitrogens with one attached hydrogen (secondary N) is 1. The van der Waals surface area contributed by atoms with Crippen LogP contribution in [0.5, 0.6) is 0 Å². The summed E-state index contributed by atoms with van der Waals surface area (Å²) in [5.74, 6) is -3.79. The first kappa shape index (κ1) is 18.4. The van der Waals surface area contributed by atoms with Gasteiger partial charge in [-0.15, -0.1) is 0 Å². The Kier molecular flexibility index (Phi) is 5.41. The van der Waals surface area contributed by atoms with Crippen LogP contribution in [0.25, 0.3) is 0 Å². The van der Waals surface area contributed by atoms with Crippen LogP contribution in [0, 0.1) is 5.82 Å². The van der Waals surface area contributed by atoms with Crippen LogP contribution in [0.15, 0.2) is 48.5 Å². The fourth-order valence-corrected chi connectivity index (χ4v) is 2.23. The largest absolute Gasteiger partial charge is 0.480 e. The Labute approximate surface area is 140 Å². The molecule has 0 heterocycles. The second-order valence-corrected chi connectivity index (χ2v) is 5.24. The third-order valence-corrected chi connectivity index (χ3v) is 3.42. The molecule has 0 aliphatic rings. The van der Waals surface area contributed by atoms with E-state index < -0.39 is 41.0 Å². The highest BCUT2D eigenvalue weighted by molar-refractivity contribution is 5.98. The van der Waals surface area contributed by atoms with E-state index in [1.807, 2.05) is 0 Å². The van der Waals surface area contributed by atoms with Crippen LogP contribution in [0.4, 0.5) is 17.6 Å². The molecule has 0 aliphatic carbocycles. The number of carbonyl (C=O) groups is 2. The number of carbonyl (C=O) groups excluding carboxylic acids is 1. The molecule has 0 saturated heterocycles. The van der Waals surface area contributed by atoms with E-state index in [-0.39, 0.29) is 12.5 Å². The lowest BCUT2D eigenvalue weighted by atomic mass is 10.0. The normalized spacial score (nSPS) is 12.5. The predicted molar refractivity (Wildman–Crippen MR) is 80.4 cm³/mol. The maximum atomic E-state index is 13.1. The van der Waals surface area contributed by atoms with Gasteiger partial charge in [-0.05, 0) is 23.8 Å². The minimum atomic E-state index is -4.95. The molecule has 2 aromatic carbocycles. The number of amides is 1. The van der Waals surface area contributed by atoms with Crippen LogP contribution >= 0.6 is 0 Å². The van der Waals surface area contributed by atoms with Gasteiger partial charge in [0, 0.05) is 6.42 Å². The first-order valence-electron chi connectivity index (χ1n) is 7.13. The molecule has 0 aliphatic heterocycles. The molecule has 1 amide bonds. The maximum Gasteiger partial charge on any atom is 0.417 e. The number of hydrogen-bond donors (Lipinski definition) is 2. The number of rotatable bonds is 5. The summed E-state index contributed by atoms with van der Waals surface area (Å²) in [7, 11) is 0. The Hall–Kier alpha value is -2.90. The molecular formula is C17H13F4NO3. The summed E-state index contributed by atoms with van der Waals surface area (Å²) in [6.45, 7) is 0. The summed E-state index contributed by atoms with van der Waals surface area (Å²) in [6, 6.07) is 8.44. The molecule has 8 heteroatoms. The molecule has 2 rings (SSSR count). The summed E-state index contributed by atoms with van der Waals surface area (Å²) < 4.78 is 52.0. The van der Waals surface area contributed by atoms with E-state index in [0.29, 0.717) is 17.7 Å². The lowest BCUT2D eigenvalue weighted by molar-refractivity contribution is -0.139. The zero-order chi connectivity index (χ0) is 18.6. The minimum Gasteiger partial charge on any atom is -0.480 e. The Morgan fingerprint density at radius 3 is 2.28 bits per heavy atom. The van der Waals surface area contributed by atoms with Crippen molar-refractivity contribution in [3.8, 4) is 0 Å². The number of benzene rings is 2. The third kappa shape index (κ3) is 4.79. The molecule has 0 bridgehead atoms. The van der Waals surface area contributed by atoms with Crippen molar-refractivity contribution in [3.63, 3.8) is 0 Å². The van der Waals surface area contributed by atoms with Crippen molar-refractivity contribution in [1.29, 1.82) is 0 Å². The molecule has 0 spiro atoms. The molecule has 4 nitrogen and oxygen atoms in total. The van der Waals surface area contributed by atoms with Gasteiger partial charge in [-0.2, -0.15) is 13.2 Å². The molecule has 132 valence electrons. The van der Waals surface area contributed by atoms with E-state index in [0.717, 1.165) is 0 Å². The van der Waals surface area contributed by atoms with Gasteiger partial charge in [0.1, 0.15) is 11.9 Å². The molecule has 2 aromatic rings. The fourth-order valence-electron chi connectivity index (χ4n) is 2.23. The molecule has 25 heavy (non-hydrogen) atoms. The number of carboxylic acid groups (broad SMARTS) is 1. The number of carboxylic acids is 1. The van der Waals surface area contributed by atoms with Gasteiger partial charge in [-0.25, -0.2) is 9.18 Å². The number of alkyl halides is 3. The van der Waals surface area contributed by atoms with Crippen molar-refractivity contribution in [2.24, 2.45) is 0 Å². The first-order valence-corrected chi connectivity index (χ1v) is 7.13. The molecule has 0 aromatic heterocycles. The van der Waals surface area contributed by atoms with Crippen molar-refractivity contribution < 1.29 is 32.3 Å².